The van der Waals surface area contributed by atoms with E-state index in [0.717, 1.165) is 22.8 Å². The molecule has 2 N–H and O–H groups in total. The van der Waals surface area contributed by atoms with Crippen molar-refractivity contribution < 1.29 is 4.74 Å². The third-order valence-electron chi connectivity index (χ3n) is 2.28. The molecule has 0 radical (unpaired) electrons. The van der Waals surface area contributed by atoms with Crippen LogP contribution in [-0.2, 0) is 6.54 Å². The van der Waals surface area contributed by atoms with Crippen molar-refractivity contribution in [1.82, 2.24) is 4.98 Å². The van der Waals surface area contributed by atoms with Gasteiger partial charge in [0, 0.05) is 12.2 Å². The summed E-state index contributed by atoms with van der Waals surface area (Å²) in [6, 6.07) is 11.5. The molecule has 0 bridgehead atoms. The molecule has 0 atom stereocenters. The average Bonchev–Trinajstić information content (AvgIpc) is 2.33. The van der Waals surface area contributed by atoms with Crippen molar-refractivity contribution >= 4 is 0 Å². The highest BCUT2D eigenvalue weighted by molar-refractivity contribution is 5.32. The zero-order chi connectivity index (χ0) is 11.4. The molecule has 0 fully saturated rings. The molecule has 0 spiro atoms. The summed E-state index contributed by atoms with van der Waals surface area (Å²) in [7, 11) is 0. The lowest BCUT2D eigenvalue weighted by Gasteiger charge is -2.05. The lowest BCUT2D eigenvalue weighted by atomic mass is 10.2. The summed E-state index contributed by atoms with van der Waals surface area (Å²) in [5.41, 5.74) is 7.59. The molecule has 1 heterocycles. The summed E-state index contributed by atoms with van der Waals surface area (Å²) in [4.78, 5) is 4.16. The third-order valence-corrected chi connectivity index (χ3v) is 2.28. The fraction of sp³-hybridized carbons (Fsp3) is 0.154. The Morgan fingerprint density at radius 2 is 1.75 bits per heavy atom. The summed E-state index contributed by atoms with van der Waals surface area (Å²) in [6.45, 7) is 2.49. The number of rotatable bonds is 3. The monoisotopic (exact) mass is 214 g/mol. The molecular formula is C13H14N2O. The number of pyridine rings is 1. The van der Waals surface area contributed by atoms with E-state index in [1.807, 2.05) is 43.3 Å². The summed E-state index contributed by atoms with van der Waals surface area (Å²) in [5, 5.41) is 0. The third kappa shape index (κ3) is 2.58. The first-order chi connectivity index (χ1) is 7.78. The fourth-order valence-electron chi connectivity index (χ4n) is 1.34. The van der Waals surface area contributed by atoms with Crippen LogP contribution in [0.5, 0.6) is 11.5 Å². The van der Waals surface area contributed by atoms with Crippen LogP contribution >= 0.6 is 0 Å². The van der Waals surface area contributed by atoms with Gasteiger partial charge in [0.15, 0.2) is 0 Å². The quantitative estimate of drug-likeness (QED) is 0.854. The molecule has 0 aliphatic carbocycles. The molecule has 0 aliphatic rings. The number of benzene rings is 1. The lowest BCUT2D eigenvalue weighted by molar-refractivity contribution is 0.480. The highest BCUT2D eigenvalue weighted by atomic mass is 16.5. The van der Waals surface area contributed by atoms with Gasteiger partial charge in [0.2, 0.25) is 0 Å². The second-order valence-electron chi connectivity index (χ2n) is 3.59. The van der Waals surface area contributed by atoms with Crippen LogP contribution in [0.25, 0.3) is 0 Å². The Hall–Kier alpha value is -1.87. The largest absolute Gasteiger partial charge is 0.456 e. The van der Waals surface area contributed by atoms with Crippen LogP contribution in [0.3, 0.4) is 0 Å². The van der Waals surface area contributed by atoms with E-state index in [4.69, 9.17) is 10.5 Å². The highest BCUT2D eigenvalue weighted by Gasteiger charge is 1.97. The number of hydrogen-bond donors (Lipinski definition) is 1. The Morgan fingerprint density at radius 3 is 2.31 bits per heavy atom. The number of ether oxygens (including phenoxy) is 1. The number of nitrogens with zero attached hydrogens (tertiary/aromatic N) is 1. The SMILES string of the molecule is Cc1ccc(Oc2ccc(CN)cc2)cn1. The lowest BCUT2D eigenvalue weighted by Crippen LogP contribution is -1.95. The predicted octanol–water partition coefficient (Wildman–Crippen LogP) is 2.64. The molecule has 0 saturated heterocycles. The Labute approximate surface area is 94.9 Å². The molecule has 0 amide bonds. The van der Waals surface area contributed by atoms with Crippen LogP contribution in [0.15, 0.2) is 42.6 Å². The smallest absolute Gasteiger partial charge is 0.145 e. The minimum absolute atomic E-state index is 0.548. The van der Waals surface area contributed by atoms with Crippen LogP contribution < -0.4 is 10.5 Å². The Kier molecular flexibility index (Phi) is 3.17. The Morgan fingerprint density at radius 1 is 1.06 bits per heavy atom. The molecule has 1 aromatic heterocycles. The van der Waals surface area contributed by atoms with E-state index < -0.39 is 0 Å². The standard InChI is InChI=1S/C13H14N2O/c1-10-2-5-13(9-15-10)16-12-6-3-11(8-14)4-7-12/h2-7,9H,8,14H2,1H3. The maximum atomic E-state index is 5.63. The summed E-state index contributed by atoms with van der Waals surface area (Å²) in [5.74, 6) is 1.54. The van der Waals surface area contributed by atoms with Gasteiger partial charge in [-0.15, -0.1) is 0 Å². The molecule has 0 aliphatic heterocycles. The predicted molar refractivity (Wildman–Crippen MR) is 63.4 cm³/mol. The maximum absolute atomic E-state index is 5.63. The van der Waals surface area contributed by atoms with Gasteiger partial charge in [-0.2, -0.15) is 0 Å². The van der Waals surface area contributed by atoms with Crippen molar-refractivity contribution in [2.24, 2.45) is 5.73 Å². The van der Waals surface area contributed by atoms with Gasteiger partial charge in [-0.3, -0.25) is 4.98 Å². The van der Waals surface area contributed by atoms with Crippen molar-refractivity contribution in [3.63, 3.8) is 0 Å². The topological polar surface area (TPSA) is 48.1 Å². The zero-order valence-electron chi connectivity index (χ0n) is 9.18. The first-order valence-corrected chi connectivity index (χ1v) is 5.17. The summed E-state index contributed by atoms with van der Waals surface area (Å²) < 4.78 is 5.63. The van der Waals surface area contributed by atoms with E-state index in [1.54, 1.807) is 6.20 Å². The Bertz CT molecular complexity index is 448. The summed E-state index contributed by atoms with van der Waals surface area (Å²) >= 11 is 0. The normalized spacial score (nSPS) is 10.1. The zero-order valence-corrected chi connectivity index (χ0v) is 9.18. The molecular weight excluding hydrogens is 200 g/mol. The van der Waals surface area contributed by atoms with Crippen molar-refractivity contribution in [1.29, 1.82) is 0 Å². The minimum Gasteiger partial charge on any atom is -0.456 e. The number of nitrogens with two attached hydrogens (primary N) is 1. The van der Waals surface area contributed by atoms with Crippen LogP contribution in [0.1, 0.15) is 11.3 Å². The molecule has 0 saturated carbocycles. The molecule has 3 heteroatoms. The van der Waals surface area contributed by atoms with Crippen molar-refractivity contribution in [3.8, 4) is 11.5 Å². The van der Waals surface area contributed by atoms with E-state index in [9.17, 15) is 0 Å². The van der Waals surface area contributed by atoms with Crippen LogP contribution in [0, 0.1) is 6.92 Å². The van der Waals surface area contributed by atoms with Crippen molar-refractivity contribution in [2.45, 2.75) is 13.5 Å². The number of aryl methyl sites for hydroxylation is 1. The first kappa shape index (κ1) is 10.6. The van der Waals surface area contributed by atoms with Gasteiger partial charge in [0.05, 0.1) is 6.20 Å². The van der Waals surface area contributed by atoms with E-state index >= 15 is 0 Å². The van der Waals surface area contributed by atoms with E-state index in [0.29, 0.717) is 6.54 Å². The van der Waals surface area contributed by atoms with Crippen LogP contribution in [0.2, 0.25) is 0 Å². The minimum atomic E-state index is 0.548. The Balaban J connectivity index is 2.11. The molecule has 2 aromatic rings. The number of hydrogen-bond acceptors (Lipinski definition) is 3. The summed E-state index contributed by atoms with van der Waals surface area (Å²) in [6.07, 6.45) is 1.71. The van der Waals surface area contributed by atoms with Crippen LogP contribution in [-0.4, -0.2) is 4.98 Å². The second-order valence-corrected chi connectivity index (χ2v) is 3.59. The van der Waals surface area contributed by atoms with Crippen molar-refractivity contribution in [3.05, 3.63) is 53.9 Å². The van der Waals surface area contributed by atoms with Gasteiger partial charge >= 0.3 is 0 Å². The van der Waals surface area contributed by atoms with Gasteiger partial charge < -0.3 is 10.5 Å². The molecule has 0 unspecified atom stereocenters. The molecule has 3 nitrogen and oxygen atoms in total. The molecule has 16 heavy (non-hydrogen) atoms. The van der Waals surface area contributed by atoms with Gasteiger partial charge in [0.1, 0.15) is 11.5 Å². The number of aromatic nitrogens is 1. The molecule has 2 rings (SSSR count). The van der Waals surface area contributed by atoms with E-state index in [-0.39, 0.29) is 0 Å². The maximum Gasteiger partial charge on any atom is 0.145 e. The molecule has 82 valence electrons. The van der Waals surface area contributed by atoms with Gasteiger partial charge in [0.25, 0.3) is 0 Å². The second kappa shape index (κ2) is 4.77. The van der Waals surface area contributed by atoms with Crippen LogP contribution in [0.4, 0.5) is 0 Å². The average molecular weight is 214 g/mol. The van der Waals surface area contributed by atoms with E-state index in [1.165, 1.54) is 0 Å². The fourth-order valence-corrected chi connectivity index (χ4v) is 1.34. The molecule has 1 aromatic carbocycles. The van der Waals surface area contributed by atoms with Gasteiger partial charge in [-0.25, -0.2) is 0 Å². The highest BCUT2D eigenvalue weighted by Crippen LogP contribution is 2.20. The van der Waals surface area contributed by atoms with Crippen molar-refractivity contribution in [2.75, 3.05) is 0 Å². The van der Waals surface area contributed by atoms with E-state index in [2.05, 4.69) is 4.98 Å². The van der Waals surface area contributed by atoms with Gasteiger partial charge in [-0.1, -0.05) is 12.1 Å². The first-order valence-electron chi connectivity index (χ1n) is 5.17. The van der Waals surface area contributed by atoms with Gasteiger partial charge in [-0.05, 0) is 36.8 Å².